The molecule has 17 heavy (non-hydrogen) atoms. The number of hydrogen-bond donors (Lipinski definition) is 2. The van der Waals surface area contributed by atoms with E-state index in [9.17, 15) is 4.79 Å². The van der Waals surface area contributed by atoms with Crippen LogP contribution in [0.2, 0.25) is 0 Å². The first-order chi connectivity index (χ1) is 8.16. The van der Waals surface area contributed by atoms with E-state index < -0.39 is 5.97 Å². The van der Waals surface area contributed by atoms with Crippen LogP contribution in [0.25, 0.3) is 0 Å². The number of aromatic carboxylic acids is 1. The fourth-order valence-electron chi connectivity index (χ4n) is 1.47. The maximum Gasteiger partial charge on any atom is 0.339 e. The van der Waals surface area contributed by atoms with Gasteiger partial charge in [0.25, 0.3) is 0 Å². The van der Waals surface area contributed by atoms with Gasteiger partial charge in [-0.1, -0.05) is 0 Å². The second kappa shape index (κ2) is 4.97. The third kappa shape index (κ3) is 2.82. The van der Waals surface area contributed by atoms with Crippen molar-refractivity contribution in [1.29, 1.82) is 0 Å². The lowest BCUT2D eigenvalue weighted by atomic mass is 10.2. The molecule has 5 heteroatoms. The van der Waals surface area contributed by atoms with Crippen LogP contribution in [0.4, 0.5) is 5.82 Å². The summed E-state index contributed by atoms with van der Waals surface area (Å²) < 4.78 is 0. The van der Waals surface area contributed by atoms with E-state index >= 15 is 0 Å². The number of hydrogen-bond acceptors (Lipinski definition) is 4. The van der Waals surface area contributed by atoms with E-state index in [-0.39, 0.29) is 5.56 Å². The van der Waals surface area contributed by atoms with Gasteiger partial charge in [0.1, 0.15) is 11.4 Å². The van der Waals surface area contributed by atoms with E-state index in [4.69, 9.17) is 5.11 Å². The number of carbonyl (C=O) groups is 1. The Hall–Kier alpha value is -1.88. The van der Waals surface area contributed by atoms with Crippen molar-refractivity contribution in [3.05, 3.63) is 45.8 Å². The zero-order valence-electron chi connectivity index (χ0n) is 9.30. The van der Waals surface area contributed by atoms with Crippen LogP contribution in [0.15, 0.2) is 30.5 Å². The Morgan fingerprint density at radius 1 is 1.47 bits per heavy atom. The van der Waals surface area contributed by atoms with Crippen molar-refractivity contribution in [2.24, 2.45) is 0 Å². The Labute approximate surface area is 103 Å². The summed E-state index contributed by atoms with van der Waals surface area (Å²) >= 11 is 1.68. The topological polar surface area (TPSA) is 62.2 Å². The highest BCUT2D eigenvalue weighted by atomic mass is 32.1. The molecule has 0 atom stereocenters. The third-order valence-electron chi connectivity index (χ3n) is 2.26. The second-order valence-corrected chi connectivity index (χ2v) is 4.94. The highest BCUT2D eigenvalue weighted by Gasteiger charge is 2.10. The van der Waals surface area contributed by atoms with Crippen LogP contribution < -0.4 is 5.32 Å². The molecule has 2 aromatic heterocycles. The number of nitrogens with one attached hydrogen (secondary N) is 1. The fraction of sp³-hybridized carbons (Fsp3) is 0.167. The average Bonchev–Trinajstić information content (AvgIpc) is 2.73. The molecule has 0 aliphatic heterocycles. The van der Waals surface area contributed by atoms with Crippen molar-refractivity contribution >= 4 is 23.1 Å². The number of thiophene rings is 1. The van der Waals surface area contributed by atoms with Crippen LogP contribution in [0, 0.1) is 6.92 Å². The van der Waals surface area contributed by atoms with Gasteiger partial charge in [0.2, 0.25) is 0 Å². The summed E-state index contributed by atoms with van der Waals surface area (Å²) in [5.41, 5.74) is 0.195. The molecule has 2 aromatic rings. The molecule has 0 amide bonds. The number of aromatic nitrogens is 1. The third-order valence-corrected chi connectivity index (χ3v) is 3.26. The van der Waals surface area contributed by atoms with Gasteiger partial charge in [0.15, 0.2) is 0 Å². The predicted octanol–water partition coefficient (Wildman–Crippen LogP) is 2.76. The van der Waals surface area contributed by atoms with Crippen molar-refractivity contribution in [2.75, 3.05) is 5.32 Å². The molecule has 0 aromatic carbocycles. The minimum Gasteiger partial charge on any atom is -0.478 e. The Kier molecular flexibility index (Phi) is 3.39. The van der Waals surface area contributed by atoms with Crippen LogP contribution in [-0.4, -0.2) is 16.1 Å². The van der Waals surface area contributed by atoms with Gasteiger partial charge >= 0.3 is 5.97 Å². The van der Waals surface area contributed by atoms with Crippen LogP contribution in [0.5, 0.6) is 0 Å². The molecular formula is C12H12N2O2S. The summed E-state index contributed by atoms with van der Waals surface area (Å²) in [6.07, 6.45) is 1.58. The largest absolute Gasteiger partial charge is 0.478 e. The van der Waals surface area contributed by atoms with Gasteiger partial charge in [-0.25, -0.2) is 9.78 Å². The molecule has 4 nitrogen and oxygen atoms in total. The minimum atomic E-state index is -0.969. The van der Waals surface area contributed by atoms with E-state index in [1.807, 2.05) is 19.1 Å². The molecule has 0 spiro atoms. The van der Waals surface area contributed by atoms with Gasteiger partial charge in [0, 0.05) is 16.0 Å². The number of carboxylic acid groups (broad SMARTS) is 1. The molecule has 0 saturated carbocycles. The summed E-state index contributed by atoms with van der Waals surface area (Å²) in [6.45, 7) is 2.63. The number of rotatable bonds is 4. The number of aryl methyl sites for hydroxylation is 1. The van der Waals surface area contributed by atoms with E-state index in [2.05, 4.69) is 10.3 Å². The highest BCUT2D eigenvalue weighted by molar-refractivity contribution is 7.11. The molecule has 0 unspecified atom stereocenters. The maximum atomic E-state index is 11.0. The number of anilines is 1. The van der Waals surface area contributed by atoms with Gasteiger partial charge in [-0.2, -0.15) is 0 Å². The number of pyridine rings is 1. The SMILES string of the molecule is Cc1ccc(CNc2ncccc2C(=O)O)s1. The molecule has 0 saturated heterocycles. The van der Waals surface area contributed by atoms with Crippen molar-refractivity contribution in [3.8, 4) is 0 Å². The number of nitrogens with zero attached hydrogens (tertiary/aromatic N) is 1. The highest BCUT2D eigenvalue weighted by Crippen LogP contribution is 2.18. The lowest BCUT2D eigenvalue weighted by Crippen LogP contribution is -2.07. The first-order valence-electron chi connectivity index (χ1n) is 5.14. The molecule has 0 aliphatic rings. The zero-order chi connectivity index (χ0) is 12.3. The molecule has 0 fully saturated rings. The summed E-state index contributed by atoms with van der Waals surface area (Å²) in [7, 11) is 0. The summed E-state index contributed by atoms with van der Waals surface area (Å²) in [5, 5.41) is 12.0. The monoisotopic (exact) mass is 248 g/mol. The van der Waals surface area contributed by atoms with Crippen molar-refractivity contribution in [1.82, 2.24) is 4.98 Å². The summed E-state index contributed by atoms with van der Waals surface area (Å²) in [5.74, 6) is -0.561. The van der Waals surface area contributed by atoms with Crippen LogP contribution >= 0.6 is 11.3 Å². The molecule has 88 valence electrons. The molecule has 2 rings (SSSR count). The molecule has 2 N–H and O–H groups in total. The Morgan fingerprint density at radius 3 is 2.94 bits per heavy atom. The maximum absolute atomic E-state index is 11.0. The van der Waals surface area contributed by atoms with Gasteiger partial charge in [0.05, 0.1) is 6.54 Å². The predicted molar refractivity (Wildman–Crippen MR) is 67.6 cm³/mol. The minimum absolute atomic E-state index is 0.195. The molecule has 0 radical (unpaired) electrons. The first kappa shape index (κ1) is 11.6. The molecule has 0 bridgehead atoms. The van der Waals surface area contributed by atoms with Crippen molar-refractivity contribution in [3.63, 3.8) is 0 Å². The van der Waals surface area contributed by atoms with Crippen molar-refractivity contribution < 1.29 is 9.90 Å². The average molecular weight is 248 g/mol. The Balaban J connectivity index is 2.11. The molecule has 0 aliphatic carbocycles. The zero-order valence-corrected chi connectivity index (χ0v) is 10.1. The van der Waals surface area contributed by atoms with E-state index in [0.717, 1.165) is 4.88 Å². The summed E-state index contributed by atoms with van der Waals surface area (Å²) in [6, 6.07) is 7.22. The van der Waals surface area contributed by atoms with E-state index in [0.29, 0.717) is 12.4 Å². The fourth-order valence-corrected chi connectivity index (χ4v) is 2.30. The quantitative estimate of drug-likeness (QED) is 0.873. The van der Waals surface area contributed by atoms with E-state index in [1.54, 1.807) is 23.6 Å². The van der Waals surface area contributed by atoms with Gasteiger partial charge in [-0.3, -0.25) is 0 Å². The summed E-state index contributed by atoms with van der Waals surface area (Å²) in [4.78, 5) is 17.4. The van der Waals surface area contributed by atoms with Crippen LogP contribution in [0.3, 0.4) is 0 Å². The molecular weight excluding hydrogens is 236 g/mol. The van der Waals surface area contributed by atoms with Gasteiger partial charge in [-0.15, -0.1) is 11.3 Å². The number of carboxylic acids is 1. The smallest absolute Gasteiger partial charge is 0.339 e. The van der Waals surface area contributed by atoms with Gasteiger partial charge < -0.3 is 10.4 Å². The Bertz CT molecular complexity index is 537. The second-order valence-electron chi connectivity index (χ2n) is 3.57. The normalized spacial score (nSPS) is 10.2. The standard InChI is InChI=1S/C12H12N2O2S/c1-8-4-5-9(17-8)7-14-11-10(12(15)16)3-2-6-13-11/h2-6H,7H2,1H3,(H,13,14)(H,15,16). The molecule has 2 heterocycles. The Morgan fingerprint density at radius 2 is 2.29 bits per heavy atom. The lowest BCUT2D eigenvalue weighted by Gasteiger charge is -2.06. The van der Waals surface area contributed by atoms with Crippen molar-refractivity contribution in [2.45, 2.75) is 13.5 Å². The lowest BCUT2D eigenvalue weighted by molar-refractivity contribution is 0.0697. The van der Waals surface area contributed by atoms with Gasteiger partial charge in [-0.05, 0) is 31.2 Å². The first-order valence-corrected chi connectivity index (χ1v) is 5.96. The van der Waals surface area contributed by atoms with E-state index in [1.165, 1.54) is 10.9 Å². The van der Waals surface area contributed by atoms with Crippen LogP contribution in [0.1, 0.15) is 20.1 Å². The van der Waals surface area contributed by atoms with Crippen LogP contribution in [-0.2, 0) is 6.54 Å².